The average Bonchev–Trinajstić information content (AvgIpc) is 2.30. The predicted molar refractivity (Wildman–Crippen MR) is 62.4 cm³/mol. The van der Waals surface area contributed by atoms with Crippen LogP contribution < -0.4 is 0 Å². The molecule has 88 valence electrons. The van der Waals surface area contributed by atoms with E-state index < -0.39 is 11.6 Å². The second-order valence-electron chi connectivity index (χ2n) is 2.33. The number of ketones is 1. The summed E-state index contributed by atoms with van der Waals surface area (Å²) in [6.45, 7) is 12.0. The smallest absolute Gasteiger partial charge is 0.190 e. The fraction of sp³-hybridized carbons (Fsp3) is 0.500. The number of halogens is 1. The van der Waals surface area contributed by atoms with E-state index in [1.165, 1.54) is 0 Å². The average molecular weight is 216 g/mol. The van der Waals surface area contributed by atoms with E-state index in [0.29, 0.717) is 0 Å². The van der Waals surface area contributed by atoms with Crippen molar-refractivity contribution in [3.8, 4) is 0 Å². The van der Waals surface area contributed by atoms with Crippen LogP contribution in [0.2, 0.25) is 0 Å². The first-order valence-electron chi connectivity index (χ1n) is 4.95. The Labute approximate surface area is 91.9 Å². The summed E-state index contributed by atoms with van der Waals surface area (Å²) in [6.07, 6.45) is 2.81. The molecule has 0 atom stereocenters. The minimum absolute atomic E-state index is 0.204. The second kappa shape index (κ2) is 15.2. The summed E-state index contributed by atoms with van der Waals surface area (Å²) in [6, 6.07) is 0. The van der Waals surface area contributed by atoms with Gasteiger partial charge in [-0.3, -0.25) is 9.59 Å². The first kappa shape index (κ1) is 19.3. The van der Waals surface area contributed by atoms with E-state index in [2.05, 4.69) is 6.58 Å². The quantitative estimate of drug-likeness (QED) is 0.533. The van der Waals surface area contributed by atoms with Gasteiger partial charge in [-0.2, -0.15) is 0 Å². The lowest BCUT2D eigenvalue weighted by atomic mass is 10.3. The zero-order chi connectivity index (χ0) is 12.9. The number of hydrogen-bond acceptors (Lipinski definition) is 2. The van der Waals surface area contributed by atoms with E-state index in [1.807, 2.05) is 20.8 Å². The summed E-state index contributed by atoms with van der Waals surface area (Å²) in [5.74, 6) is -1.36. The molecule has 0 amide bonds. The van der Waals surface area contributed by atoms with E-state index in [9.17, 15) is 14.0 Å². The van der Waals surface area contributed by atoms with Crippen molar-refractivity contribution < 1.29 is 14.0 Å². The molecule has 0 aliphatic heterocycles. The summed E-state index contributed by atoms with van der Waals surface area (Å²) in [4.78, 5) is 19.7. The van der Waals surface area contributed by atoms with E-state index in [1.54, 1.807) is 19.9 Å². The van der Waals surface area contributed by atoms with Crippen LogP contribution in [0.25, 0.3) is 0 Å². The zero-order valence-electron chi connectivity index (χ0n) is 10.3. The standard InChI is InChI=1S/C5H7FO.C5H8O.C2H6/c1-3-5(7)4(2)6;1-3-5(2)4-6;1-2/h2-3H2,1H3;3-4H,1-2H3;1-2H3/b;5-3-;. The molecule has 0 heterocycles. The molecule has 0 spiro atoms. The van der Waals surface area contributed by atoms with Crippen molar-refractivity contribution in [2.24, 2.45) is 0 Å². The Hall–Kier alpha value is -1.25. The lowest BCUT2D eigenvalue weighted by Gasteiger charge is -1.83. The number of hydrogen-bond donors (Lipinski definition) is 0. The highest BCUT2D eigenvalue weighted by molar-refractivity contribution is 5.92. The fourth-order valence-electron chi connectivity index (χ4n) is 0.260. The van der Waals surface area contributed by atoms with Crippen LogP contribution in [0, 0.1) is 0 Å². The maximum atomic E-state index is 11.6. The van der Waals surface area contributed by atoms with Crippen molar-refractivity contribution in [3.63, 3.8) is 0 Å². The minimum Gasteiger partial charge on any atom is -0.298 e. The molecule has 3 heteroatoms. The van der Waals surface area contributed by atoms with Crippen LogP contribution in [0.4, 0.5) is 4.39 Å². The summed E-state index contributed by atoms with van der Waals surface area (Å²) >= 11 is 0. The van der Waals surface area contributed by atoms with Crippen molar-refractivity contribution in [1.29, 1.82) is 0 Å². The molecule has 0 aliphatic rings. The summed E-state index contributed by atoms with van der Waals surface area (Å²) in [7, 11) is 0. The summed E-state index contributed by atoms with van der Waals surface area (Å²) in [5, 5.41) is 0. The predicted octanol–water partition coefficient (Wildman–Crippen LogP) is 3.63. The molecular weight excluding hydrogens is 195 g/mol. The van der Waals surface area contributed by atoms with Crippen molar-refractivity contribution in [2.75, 3.05) is 0 Å². The highest BCUT2D eigenvalue weighted by atomic mass is 19.1. The Morgan fingerprint density at radius 1 is 1.40 bits per heavy atom. The van der Waals surface area contributed by atoms with Crippen molar-refractivity contribution in [1.82, 2.24) is 0 Å². The van der Waals surface area contributed by atoms with Crippen molar-refractivity contribution >= 4 is 12.1 Å². The number of aldehydes is 1. The largest absolute Gasteiger partial charge is 0.298 e. The van der Waals surface area contributed by atoms with Gasteiger partial charge in [-0.05, 0) is 19.4 Å². The van der Waals surface area contributed by atoms with E-state index >= 15 is 0 Å². The Balaban J connectivity index is -0.000000166. The van der Waals surface area contributed by atoms with Gasteiger partial charge in [0.25, 0.3) is 0 Å². The normalized spacial score (nSPS) is 8.80. The lowest BCUT2D eigenvalue weighted by molar-refractivity contribution is -0.116. The molecule has 0 unspecified atom stereocenters. The monoisotopic (exact) mass is 216 g/mol. The Morgan fingerprint density at radius 2 is 1.80 bits per heavy atom. The molecule has 0 saturated heterocycles. The molecule has 0 aliphatic carbocycles. The SMILES string of the molecule is C/C=C(/C)C=O.C=C(F)C(=O)CC.CC. The summed E-state index contributed by atoms with van der Waals surface area (Å²) in [5.41, 5.74) is 0.787. The number of allylic oxidation sites excluding steroid dienone is 3. The van der Waals surface area contributed by atoms with Crippen LogP contribution in [0.5, 0.6) is 0 Å². The molecule has 0 N–H and O–H groups in total. The second-order valence-corrected chi connectivity index (χ2v) is 2.33. The van der Waals surface area contributed by atoms with Gasteiger partial charge >= 0.3 is 0 Å². The Bertz CT molecular complexity index is 218. The highest BCUT2D eigenvalue weighted by Gasteiger charge is 1.98. The third-order valence-corrected chi connectivity index (χ3v) is 1.26. The van der Waals surface area contributed by atoms with Crippen LogP contribution in [-0.2, 0) is 9.59 Å². The van der Waals surface area contributed by atoms with Gasteiger partial charge < -0.3 is 0 Å². The molecule has 0 aromatic carbocycles. The van der Waals surface area contributed by atoms with E-state index in [4.69, 9.17) is 0 Å². The summed E-state index contributed by atoms with van der Waals surface area (Å²) < 4.78 is 11.6. The minimum atomic E-state index is -0.845. The van der Waals surface area contributed by atoms with E-state index in [0.717, 1.165) is 11.9 Å². The molecule has 0 aromatic heterocycles. The van der Waals surface area contributed by atoms with Crippen LogP contribution in [0.3, 0.4) is 0 Å². The van der Waals surface area contributed by atoms with Crippen LogP contribution in [0.15, 0.2) is 24.1 Å². The first-order valence-corrected chi connectivity index (χ1v) is 4.95. The number of rotatable bonds is 3. The Morgan fingerprint density at radius 3 is 1.80 bits per heavy atom. The van der Waals surface area contributed by atoms with Gasteiger partial charge in [-0.25, -0.2) is 4.39 Å². The first-order chi connectivity index (χ1) is 6.99. The van der Waals surface area contributed by atoms with Crippen LogP contribution in [-0.4, -0.2) is 12.1 Å². The molecule has 0 radical (unpaired) electrons. The van der Waals surface area contributed by atoms with Gasteiger partial charge in [-0.15, -0.1) is 0 Å². The molecule has 2 nitrogen and oxygen atoms in total. The highest BCUT2D eigenvalue weighted by Crippen LogP contribution is 1.95. The molecule has 15 heavy (non-hydrogen) atoms. The van der Waals surface area contributed by atoms with Gasteiger partial charge in [-0.1, -0.05) is 33.4 Å². The maximum Gasteiger partial charge on any atom is 0.190 e. The van der Waals surface area contributed by atoms with Crippen molar-refractivity contribution in [3.05, 3.63) is 24.1 Å². The van der Waals surface area contributed by atoms with Crippen molar-refractivity contribution in [2.45, 2.75) is 41.0 Å². The molecule has 0 aromatic rings. The third-order valence-electron chi connectivity index (χ3n) is 1.26. The lowest BCUT2D eigenvalue weighted by Crippen LogP contribution is -1.91. The Kier molecular flexibility index (Phi) is 19.6. The van der Waals surface area contributed by atoms with Gasteiger partial charge in [0.1, 0.15) is 6.29 Å². The number of carbonyl (C=O) groups is 2. The van der Waals surface area contributed by atoms with Crippen LogP contribution in [0.1, 0.15) is 41.0 Å². The third kappa shape index (κ3) is 19.2. The number of Topliss-reactive ketones (excluding diaryl/α,β-unsaturated/α-hetero) is 1. The maximum absolute atomic E-state index is 11.6. The molecule has 0 bridgehead atoms. The number of carbonyl (C=O) groups excluding carboxylic acids is 2. The van der Waals surface area contributed by atoms with Gasteiger partial charge in [0.2, 0.25) is 0 Å². The molecule has 0 fully saturated rings. The fourth-order valence-corrected chi connectivity index (χ4v) is 0.260. The van der Waals surface area contributed by atoms with Gasteiger partial charge in [0.05, 0.1) is 0 Å². The molecule has 0 saturated carbocycles. The zero-order valence-corrected chi connectivity index (χ0v) is 10.3. The van der Waals surface area contributed by atoms with Gasteiger partial charge in [0, 0.05) is 6.42 Å². The topological polar surface area (TPSA) is 34.1 Å². The van der Waals surface area contributed by atoms with Crippen LogP contribution >= 0.6 is 0 Å². The molecule has 0 rings (SSSR count). The van der Waals surface area contributed by atoms with Gasteiger partial charge in [0.15, 0.2) is 11.6 Å². The van der Waals surface area contributed by atoms with E-state index in [-0.39, 0.29) is 6.42 Å². The molecular formula is C12H21FO2.